The highest BCUT2D eigenvalue weighted by Crippen LogP contribution is 2.29. The number of rotatable bonds is 6. The molecule has 0 saturated carbocycles. The van der Waals surface area contributed by atoms with Crippen molar-refractivity contribution in [3.63, 3.8) is 0 Å². The largest absolute Gasteiger partial charge is 0.356 e. The van der Waals surface area contributed by atoms with E-state index in [0.717, 1.165) is 12.8 Å². The Morgan fingerprint density at radius 1 is 1.06 bits per heavy atom. The average molecular weight is 242 g/mol. The fourth-order valence-corrected chi connectivity index (χ4v) is 2.17. The summed E-state index contributed by atoms with van der Waals surface area (Å²) in [5.41, 5.74) is -0.257. The summed E-state index contributed by atoms with van der Waals surface area (Å²) >= 11 is 0. The van der Waals surface area contributed by atoms with Crippen LogP contribution >= 0.6 is 0 Å². The molecular weight excluding hydrogens is 216 g/mol. The molecule has 17 heavy (non-hydrogen) atoms. The van der Waals surface area contributed by atoms with Crippen molar-refractivity contribution >= 4 is 11.8 Å². The maximum absolute atomic E-state index is 11.2. The number of hydrogen-bond donors (Lipinski definition) is 2. The summed E-state index contributed by atoms with van der Waals surface area (Å²) in [6.07, 6.45) is 1.70. The van der Waals surface area contributed by atoms with Crippen LogP contribution in [0.3, 0.4) is 0 Å². The molecule has 0 spiro atoms. The second-order valence-electron chi connectivity index (χ2n) is 5.85. The fourth-order valence-electron chi connectivity index (χ4n) is 2.17. The Hall–Kier alpha value is -1.06. The molecule has 2 amide bonds. The van der Waals surface area contributed by atoms with Crippen molar-refractivity contribution in [1.29, 1.82) is 0 Å². The quantitative estimate of drug-likeness (QED) is 0.746. The van der Waals surface area contributed by atoms with E-state index in [1.807, 2.05) is 6.92 Å². The second-order valence-corrected chi connectivity index (χ2v) is 5.85. The standard InChI is InChI=1S/C13H26N2O2/c1-7-13(6,15-11(3)17)8-12(4,5)9-14-10(2)16/h7-9H2,1-6H3,(H,14,16)(H,15,17). The van der Waals surface area contributed by atoms with Gasteiger partial charge in [-0.1, -0.05) is 20.8 Å². The first-order valence-corrected chi connectivity index (χ1v) is 6.13. The number of amides is 2. The number of hydrogen-bond acceptors (Lipinski definition) is 2. The van der Waals surface area contributed by atoms with Crippen molar-refractivity contribution in [2.45, 2.75) is 59.9 Å². The molecule has 4 nitrogen and oxygen atoms in total. The summed E-state index contributed by atoms with van der Waals surface area (Å²) in [5, 5.41) is 5.83. The molecule has 1 unspecified atom stereocenters. The predicted octanol–water partition coefficient (Wildman–Crippen LogP) is 1.84. The third kappa shape index (κ3) is 6.97. The minimum Gasteiger partial charge on any atom is -0.356 e. The van der Waals surface area contributed by atoms with Crippen molar-refractivity contribution in [3.8, 4) is 0 Å². The van der Waals surface area contributed by atoms with Crippen LogP contribution in [0.5, 0.6) is 0 Å². The van der Waals surface area contributed by atoms with Gasteiger partial charge in [-0.25, -0.2) is 0 Å². The lowest BCUT2D eigenvalue weighted by molar-refractivity contribution is -0.122. The van der Waals surface area contributed by atoms with E-state index < -0.39 is 0 Å². The third-order valence-electron chi connectivity index (χ3n) is 2.94. The van der Waals surface area contributed by atoms with Gasteiger partial charge in [0.25, 0.3) is 0 Å². The summed E-state index contributed by atoms with van der Waals surface area (Å²) in [5.74, 6) is -0.0273. The van der Waals surface area contributed by atoms with E-state index in [4.69, 9.17) is 0 Å². The van der Waals surface area contributed by atoms with Crippen molar-refractivity contribution < 1.29 is 9.59 Å². The van der Waals surface area contributed by atoms with E-state index in [1.54, 1.807) is 0 Å². The molecule has 0 fully saturated rings. The maximum Gasteiger partial charge on any atom is 0.217 e. The van der Waals surface area contributed by atoms with Crippen LogP contribution in [0.25, 0.3) is 0 Å². The van der Waals surface area contributed by atoms with Gasteiger partial charge < -0.3 is 10.6 Å². The summed E-state index contributed by atoms with van der Waals surface area (Å²) in [4.78, 5) is 22.1. The molecule has 0 heterocycles. The Kier molecular flexibility index (Phi) is 5.66. The summed E-state index contributed by atoms with van der Waals surface area (Å²) in [6, 6.07) is 0. The van der Waals surface area contributed by atoms with Crippen molar-refractivity contribution in [1.82, 2.24) is 10.6 Å². The second kappa shape index (κ2) is 6.03. The predicted molar refractivity (Wildman–Crippen MR) is 69.6 cm³/mol. The van der Waals surface area contributed by atoms with Crippen LogP contribution in [0.4, 0.5) is 0 Å². The normalized spacial score (nSPS) is 14.9. The first kappa shape index (κ1) is 15.9. The van der Waals surface area contributed by atoms with Crippen LogP contribution in [-0.4, -0.2) is 23.9 Å². The molecule has 0 aromatic rings. The fraction of sp³-hybridized carbons (Fsp3) is 0.846. The van der Waals surface area contributed by atoms with E-state index in [1.165, 1.54) is 13.8 Å². The maximum atomic E-state index is 11.2. The highest BCUT2D eigenvalue weighted by molar-refractivity contribution is 5.74. The molecule has 100 valence electrons. The molecule has 0 aliphatic heterocycles. The topological polar surface area (TPSA) is 58.2 Å². The summed E-state index contributed by atoms with van der Waals surface area (Å²) in [7, 11) is 0. The van der Waals surface area contributed by atoms with Gasteiger partial charge in [0.2, 0.25) is 11.8 Å². The number of nitrogens with one attached hydrogen (secondary N) is 2. The van der Waals surface area contributed by atoms with Gasteiger partial charge in [-0.15, -0.1) is 0 Å². The van der Waals surface area contributed by atoms with Crippen molar-refractivity contribution in [3.05, 3.63) is 0 Å². The highest BCUT2D eigenvalue weighted by Gasteiger charge is 2.31. The Labute approximate surface area is 105 Å². The SMILES string of the molecule is CCC(C)(CC(C)(C)CNC(C)=O)NC(C)=O. The molecule has 2 N–H and O–H groups in total. The van der Waals surface area contributed by atoms with Crippen LogP contribution < -0.4 is 10.6 Å². The molecule has 0 bridgehead atoms. The first-order chi connectivity index (χ1) is 7.60. The first-order valence-electron chi connectivity index (χ1n) is 6.13. The molecule has 0 radical (unpaired) electrons. The number of carbonyl (C=O) groups excluding carboxylic acids is 2. The van der Waals surface area contributed by atoms with Gasteiger partial charge in [0.15, 0.2) is 0 Å². The molecular formula is C13H26N2O2. The monoisotopic (exact) mass is 242 g/mol. The van der Waals surface area contributed by atoms with Crippen molar-refractivity contribution in [2.24, 2.45) is 5.41 Å². The summed E-state index contributed by atoms with van der Waals surface area (Å²) < 4.78 is 0. The third-order valence-corrected chi connectivity index (χ3v) is 2.94. The van der Waals surface area contributed by atoms with Crippen LogP contribution in [-0.2, 0) is 9.59 Å². The van der Waals surface area contributed by atoms with E-state index in [2.05, 4.69) is 31.4 Å². The Morgan fingerprint density at radius 2 is 1.59 bits per heavy atom. The average Bonchev–Trinajstić information content (AvgIpc) is 2.13. The molecule has 0 aromatic heterocycles. The number of carbonyl (C=O) groups is 2. The zero-order valence-electron chi connectivity index (χ0n) is 11.9. The van der Waals surface area contributed by atoms with Gasteiger partial charge in [-0.2, -0.15) is 0 Å². The van der Waals surface area contributed by atoms with Gasteiger partial charge in [0, 0.05) is 25.9 Å². The highest BCUT2D eigenvalue weighted by atomic mass is 16.2. The lowest BCUT2D eigenvalue weighted by Gasteiger charge is -2.37. The molecule has 0 aromatic carbocycles. The van der Waals surface area contributed by atoms with Crippen LogP contribution in [0.2, 0.25) is 0 Å². The summed E-state index contributed by atoms with van der Waals surface area (Å²) in [6.45, 7) is 12.0. The Balaban J connectivity index is 4.52. The van der Waals surface area contributed by atoms with E-state index in [0.29, 0.717) is 6.54 Å². The molecule has 1 atom stereocenters. The van der Waals surface area contributed by atoms with Gasteiger partial charge in [-0.05, 0) is 25.2 Å². The van der Waals surface area contributed by atoms with E-state index in [-0.39, 0.29) is 22.8 Å². The van der Waals surface area contributed by atoms with Gasteiger partial charge in [-0.3, -0.25) is 9.59 Å². The Bertz CT molecular complexity index is 287. The lowest BCUT2D eigenvalue weighted by Crippen LogP contribution is -2.49. The van der Waals surface area contributed by atoms with Gasteiger partial charge in [0.1, 0.15) is 0 Å². The van der Waals surface area contributed by atoms with Gasteiger partial charge in [0.05, 0.1) is 0 Å². The lowest BCUT2D eigenvalue weighted by atomic mass is 9.77. The van der Waals surface area contributed by atoms with Crippen LogP contribution in [0.15, 0.2) is 0 Å². The molecule has 0 aliphatic rings. The molecule has 0 rings (SSSR count). The minimum atomic E-state index is -0.214. The zero-order chi connectivity index (χ0) is 13.7. The zero-order valence-corrected chi connectivity index (χ0v) is 11.9. The molecule has 0 aliphatic carbocycles. The smallest absolute Gasteiger partial charge is 0.217 e. The molecule has 0 saturated heterocycles. The van der Waals surface area contributed by atoms with Crippen LogP contribution in [0, 0.1) is 5.41 Å². The van der Waals surface area contributed by atoms with Crippen LogP contribution in [0.1, 0.15) is 54.4 Å². The van der Waals surface area contributed by atoms with Gasteiger partial charge >= 0.3 is 0 Å². The van der Waals surface area contributed by atoms with E-state index >= 15 is 0 Å². The van der Waals surface area contributed by atoms with Crippen molar-refractivity contribution in [2.75, 3.05) is 6.54 Å². The molecule has 4 heteroatoms. The minimum absolute atomic E-state index is 0.00956. The van der Waals surface area contributed by atoms with E-state index in [9.17, 15) is 9.59 Å². The Morgan fingerprint density at radius 3 is 1.94 bits per heavy atom.